The molecule has 3 heteroatoms. The SMILES string of the molecule is CCCOC[n+]1cc[nH]c1. The van der Waals surface area contributed by atoms with Gasteiger partial charge in [0.2, 0.25) is 6.33 Å². The smallest absolute Gasteiger partial charge is 0.243 e. The van der Waals surface area contributed by atoms with E-state index in [4.69, 9.17) is 4.74 Å². The molecule has 0 aromatic carbocycles. The topological polar surface area (TPSA) is 28.9 Å². The van der Waals surface area contributed by atoms with E-state index >= 15 is 0 Å². The van der Waals surface area contributed by atoms with Crippen molar-refractivity contribution in [2.24, 2.45) is 0 Å². The summed E-state index contributed by atoms with van der Waals surface area (Å²) in [6.45, 7) is 3.58. The van der Waals surface area contributed by atoms with E-state index in [9.17, 15) is 0 Å². The second-order valence-electron chi connectivity index (χ2n) is 2.16. The molecule has 0 unspecified atom stereocenters. The average molecular weight is 141 g/mol. The van der Waals surface area contributed by atoms with Crippen LogP contribution < -0.4 is 4.57 Å². The van der Waals surface area contributed by atoms with E-state index in [1.165, 1.54) is 0 Å². The van der Waals surface area contributed by atoms with Crippen molar-refractivity contribution in [3.63, 3.8) is 0 Å². The van der Waals surface area contributed by atoms with Crippen LogP contribution in [0, 0.1) is 0 Å². The van der Waals surface area contributed by atoms with Gasteiger partial charge in [0.05, 0.1) is 6.61 Å². The third-order valence-corrected chi connectivity index (χ3v) is 1.19. The van der Waals surface area contributed by atoms with E-state index in [2.05, 4.69) is 11.9 Å². The number of nitrogens with one attached hydrogen (secondary N) is 1. The average Bonchev–Trinajstić information content (AvgIpc) is 2.41. The number of aromatic nitrogens is 2. The molecule has 0 aliphatic rings. The molecule has 0 atom stereocenters. The Kier molecular flexibility index (Phi) is 2.96. The maximum atomic E-state index is 5.27. The van der Waals surface area contributed by atoms with Gasteiger partial charge in [0.1, 0.15) is 12.4 Å². The highest BCUT2D eigenvalue weighted by Crippen LogP contribution is 1.78. The Morgan fingerprint density at radius 2 is 2.50 bits per heavy atom. The van der Waals surface area contributed by atoms with Gasteiger partial charge in [-0.25, -0.2) is 4.57 Å². The Bertz CT molecular complexity index is 160. The summed E-state index contributed by atoms with van der Waals surface area (Å²) in [7, 11) is 0. The second-order valence-corrected chi connectivity index (χ2v) is 2.16. The van der Waals surface area contributed by atoms with Crippen molar-refractivity contribution in [1.82, 2.24) is 4.98 Å². The maximum absolute atomic E-state index is 5.27. The van der Waals surface area contributed by atoms with Crippen LogP contribution in [-0.2, 0) is 11.5 Å². The molecule has 0 saturated carbocycles. The molecule has 1 N–H and O–H groups in total. The molecule has 3 nitrogen and oxygen atoms in total. The van der Waals surface area contributed by atoms with E-state index < -0.39 is 0 Å². The molecule has 0 aliphatic carbocycles. The number of hydrogen-bond acceptors (Lipinski definition) is 1. The number of H-pyrrole nitrogens is 1. The number of ether oxygens (including phenoxy) is 1. The van der Waals surface area contributed by atoms with Gasteiger partial charge in [-0.1, -0.05) is 6.92 Å². The summed E-state index contributed by atoms with van der Waals surface area (Å²) in [4.78, 5) is 2.94. The Balaban J connectivity index is 2.15. The zero-order chi connectivity index (χ0) is 7.23. The fourth-order valence-electron chi connectivity index (χ4n) is 0.715. The Labute approximate surface area is 60.6 Å². The normalized spacial score (nSPS) is 10.1. The number of nitrogens with zero attached hydrogens (tertiary/aromatic N) is 1. The van der Waals surface area contributed by atoms with Crippen molar-refractivity contribution in [2.45, 2.75) is 20.1 Å². The van der Waals surface area contributed by atoms with Gasteiger partial charge in [0, 0.05) is 0 Å². The molecule has 0 amide bonds. The van der Waals surface area contributed by atoms with Gasteiger partial charge in [-0.15, -0.1) is 0 Å². The Morgan fingerprint density at radius 3 is 3.10 bits per heavy atom. The van der Waals surface area contributed by atoms with Crippen LogP contribution >= 0.6 is 0 Å². The van der Waals surface area contributed by atoms with Crippen LogP contribution in [0.15, 0.2) is 18.7 Å². The first-order chi connectivity index (χ1) is 4.93. The Morgan fingerprint density at radius 1 is 1.60 bits per heavy atom. The first kappa shape index (κ1) is 7.28. The summed E-state index contributed by atoms with van der Waals surface area (Å²) in [6, 6.07) is 0. The van der Waals surface area contributed by atoms with Gasteiger partial charge in [0.25, 0.3) is 0 Å². The molecule has 1 rings (SSSR count). The lowest BCUT2D eigenvalue weighted by atomic mass is 10.5. The largest absolute Gasteiger partial charge is 0.342 e. The molecule has 0 radical (unpaired) electrons. The van der Waals surface area contributed by atoms with Crippen LogP contribution in [0.25, 0.3) is 0 Å². The van der Waals surface area contributed by atoms with Gasteiger partial charge >= 0.3 is 0 Å². The zero-order valence-electron chi connectivity index (χ0n) is 6.21. The minimum atomic E-state index is 0.650. The minimum Gasteiger partial charge on any atom is -0.342 e. The molecule has 1 aromatic rings. The molecule has 0 aliphatic heterocycles. The molecule has 0 saturated heterocycles. The van der Waals surface area contributed by atoms with E-state index in [-0.39, 0.29) is 0 Å². The molecule has 1 aromatic heterocycles. The number of aromatic amines is 1. The van der Waals surface area contributed by atoms with Crippen LogP contribution in [0.4, 0.5) is 0 Å². The zero-order valence-corrected chi connectivity index (χ0v) is 6.21. The summed E-state index contributed by atoms with van der Waals surface area (Å²) in [5.41, 5.74) is 0. The molecule has 56 valence electrons. The Hall–Kier alpha value is -0.830. The fourth-order valence-corrected chi connectivity index (χ4v) is 0.715. The predicted molar refractivity (Wildman–Crippen MR) is 37.2 cm³/mol. The minimum absolute atomic E-state index is 0.650. The van der Waals surface area contributed by atoms with Gasteiger partial charge < -0.3 is 4.74 Å². The maximum Gasteiger partial charge on any atom is 0.243 e. The first-order valence-corrected chi connectivity index (χ1v) is 3.53. The summed E-state index contributed by atoms with van der Waals surface area (Å²) in [5, 5.41) is 0. The highest BCUT2D eigenvalue weighted by Gasteiger charge is 1.93. The van der Waals surface area contributed by atoms with E-state index in [0.717, 1.165) is 13.0 Å². The highest BCUT2D eigenvalue weighted by atomic mass is 16.5. The van der Waals surface area contributed by atoms with Crippen LogP contribution in [0.1, 0.15) is 13.3 Å². The third kappa shape index (κ3) is 2.19. The van der Waals surface area contributed by atoms with E-state index in [1.807, 2.05) is 23.3 Å². The molecular weight excluding hydrogens is 128 g/mol. The summed E-state index contributed by atoms with van der Waals surface area (Å²) in [5.74, 6) is 0. The molecule has 1 heterocycles. The van der Waals surface area contributed by atoms with E-state index in [0.29, 0.717) is 6.73 Å². The van der Waals surface area contributed by atoms with Gasteiger partial charge in [-0.3, -0.25) is 4.98 Å². The van der Waals surface area contributed by atoms with Crippen molar-refractivity contribution in [2.75, 3.05) is 6.61 Å². The van der Waals surface area contributed by atoms with Crippen LogP contribution in [-0.4, -0.2) is 11.6 Å². The lowest BCUT2D eigenvalue weighted by molar-refractivity contribution is -0.731. The fraction of sp³-hybridized carbons (Fsp3) is 0.571. The quantitative estimate of drug-likeness (QED) is 0.485. The predicted octanol–water partition coefficient (Wildman–Crippen LogP) is 0.686. The van der Waals surface area contributed by atoms with Crippen molar-refractivity contribution in [3.05, 3.63) is 18.7 Å². The summed E-state index contributed by atoms with van der Waals surface area (Å²) >= 11 is 0. The van der Waals surface area contributed by atoms with E-state index in [1.54, 1.807) is 0 Å². The van der Waals surface area contributed by atoms with Gasteiger partial charge in [-0.05, 0) is 6.42 Å². The highest BCUT2D eigenvalue weighted by molar-refractivity contribution is 4.54. The van der Waals surface area contributed by atoms with Crippen LogP contribution in [0.3, 0.4) is 0 Å². The van der Waals surface area contributed by atoms with Crippen molar-refractivity contribution >= 4 is 0 Å². The molecule has 0 bridgehead atoms. The standard InChI is InChI=1S/C7H12N2O/c1-2-5-10-7-9-4-3-8-6-9/h3-4,6H,2,5,7H2,1H3/p+1. The monoisotopic (exact) mass is 141 g/mol. The van der Waals surface area contributed by atoms with Gasteiger partial charge in [0.15, 0.2) is 6.73 Å². The van der Waals surface area contributed by atoms with Crippen LogP contribution in [0.2, 0.25) is 0 Å². The third-order valence-electron chi connectivity index (χ3n) is 1.19. The molecule has 0 fully saturated rings. The number of hydrogen-bond donors (Lipinski definition) is 1. The van der Waals surface area contributed by atoms with Crippen molar-refractivity contribution < 1.29 is 9.30 Å². The van der Waals surface area contributed by atoms with Gasteiger partial charge in [-0.2, -0.15) is 0 Å². The summed E-state index contributed by atoms with van der Waals surface area (Å²) < 4.78 is 7.22. The second kappa shape index (κ2) is 4.06. The molecule has 0 spiro atoms. The lowest BCUT2D eigenvalue weighted by Crippen LogP contribution is -2.32. The van der Waals surface area contributed by atoms with Crippen molar-refractivity contribution in [3.8, 4) is 0 Å². The van der Waals surface area contributed by atoms with Crippen molar-refractivity contribution in [1.29, 1.82) is 0 Å². The first-order valence-electron chi connectivity index (χ1n) is 3.53. The molecular formula is C7H13N2O+. The summed E-state index contributed by atoms with van der Waals surface area (Å²) in [6.07, 6.45) is 6.76. The molecule has 10 heavy (non-hydrogen) atoms. The lowest BCUT2D eigenvalue weighted by Gasteiger charge is -1.96. The number of rotatable bonds is 4. The van der Waals surface area contributed by atoms with Crippen LogP contribution in [0.5, 0.6) is 0 Å². The number of imidazole rings is 1.